The highest BCUT2D eigenvalue weighted by atomic mass is 16.2. The topological polar surface area (TPSA) is 63.9 Å². The average Bonchev–Trinajstić information content (AvgIpc) is 3.21. The number of amides is 1. The fourth-order valence-electron chi connectivity index (χ4n) is 3.64. The van der Waals surface area contributed by atoms with E-state index >= 15 is 0 Å². The zero-order valence-electron chi connectivity index (χ0n) is 17.9. The minimum atomic E-state index is -0.0860. The van der Waals surface area contributed by atoms with Crippen molar-refractivity contribution in [3.63, 3.8) is 0 Å². The summed E-state index contributed by atoms with van der Waals surface area (Å²) in [7, 11) is 3.71. The Morgan fingerprint density at radius 3 is 2.53 bits per heavy atom. The monoisotopic (exact) mass is 399 g/mol. The van der Waals surface area contributed by atoms with Crippen molar-refractivity contribution < 1.29 is 4.79 Å². The first kappa shape index (κ1) is 19.8. The van der Waals surface area contributed by atoms with E-state index in [1.54, 1.807) is 28.2 Å². The van der Waals surface area contributed by atoms with E-state index in [1.165, 1.54) is 0 Å². The molecule has 0 radical (unpaired) electrons. The number of rotatable bonds is 4. The molecule has 1 unspecified atom stereocenters. The van der Waals surface area contributed by atoms with Crippen LogP contribution in [0.3, 0.4) is 0 Å². The maximum atomic E-state index is 13.6. The number of aromatic nitrogens is 4. The Kier molecular flexibility index (Phi) is 5.08. The standard InChI is InChI=1S/C24H25N5O/c1-15-6-7-20-21(24(30)29(5)17(3)18-8-10-25-11-9-18)12-22(27-23(20)16(15)2)19-13-26-28(4)14-19/h6-14,17H,1-5H3. The van der Waals surface area contributed by atoms with E-state index in [9.17, 15) is 4.79 Å². The minimum Gasteiger partial charge on any atom is -0.335 e. The SMILES string of the molecule is Cc1ccc2c(C(=O)N(C)C(C)c3ccncc3)cc(-c3cnn(C)c3)nc2c1C. The van der Waals surface area contributed by atoms with Gasteiger partial charge in [0.15, 0.2) is 0 Å². The maximum Gasteiger partial charge on any atom is 0.254 e. The van der Waals surface area contributed by atoms with E-state index in [-0.39, 0.29) is 11.9 Å². The van der Waals surface area contributed by atoms with Crippen LogP contribution in [-0.2, 0) is 7.05 Å². The lowest BCUT2D eigenvalue weighted by atomic mass is 9.98. The summed E-state index contributed by atoms with van der Waals surface area (Å²) in [6.07, 6.45) is 7.19. The summed E-state index contributed by atoms with van der Waals surface area (Å²) < 4.78 is 1.74. The fourth-order valence-corrected chi connectivity index (χ4v) is 3.64. The van der Waals surface area contributed by atoms with Crippen LogP contribution in [0, 0.1) is 13.8 Å². The van der Waals surface area contributed by atoms with Crippen LogP contribution in [0.4, 0.5) is 0 Å². The van der Waals surface area contributed by atoms with Crippen LogP contribution in [0.15, 0.2) is 55.1 Å². The summed E-state index contributed by atoms with van der Waals surface area (Å²) >= 11 is 0. The first-order chi connectivity index (χ1) is 14.4. The zero-order valence-corrected chi connectivity index (χ0v) is 17.9. The molecule has 0 aliphatic heterocycles. The van der Waals surface area contributed by atoms with Gasteiger partial charge in [-0.2, -0.15) is 5.10 Å². The van der Waals surface area contributed by atoms with Crippen molar-refractivity contribution in [3.8, 4) is 11.3 Å². The third-order valence-corrected chi connectivity index (χ3v) is 5.83. The lowest BCUT2D eigenvalue weighted by molar-refractivity contribution is 0.0744. The number of fused-ring (bicyclic) bond motifs is 1. The third-order valence-electron chi connectivity index (χ3n) is 5.83. The van der Waals surface area contributed by atoms with Gasteiger partial charge in [0.2, 0.25) is 0 Å². The van der Waals surface area contributed by atoms with Gasteiger partial charge in [0, 0.05) is 43.6 Å². The molecule has 4 aromatic rings. The van der Waals surface area contributed by atoms with Crippen molar-refractivity contribution in [2.75, 3.05) is 7.05 Å². The predicted octanol–water partition coefficient (Wildman–Crippen LogP) is 4.48. The summed E-state index contributed by atoms with van der Waals surface area (Å²) in [5, 5.41) is 5.13. The molecule has 1 aromatic carbocycles. The maximum absolute atomic E-state index is 13.6. The average molecular weight is 399 g/mol. The van der Waals surface area contributed by atoms with Crippen molar-refractivity contribution in [2.45, 2.75) is 26.8 Å². The number of aryl methyl sites for hydroxylation is 3. The highest BCUT2D eigenvalue weighted by molar-refractivity contribution is 6.08. The van der Waals surface area contributed by atoms with Gasteiger partial charge in [-0.1, -0.05) is 12.1 Å². The van der Waals surface area contributed by atoms with Gasteiger partial charge in [0.05, 0.1) is 29.0 Å². The Labute approximate surface area is 176 Å². The predicted molar refractivity (Wildman–Crippen MR) is 118 cm³/mol. The van der Waals surface area contributed by atoms with Gasteiger partial charge in [0.25, 0.3) is 5.91 Å². The summed E-state index contributed by atoms with van der Waals surface area (Å²) in [6, 6.07) is 9.72. The molecule has 0 saturated heterocycles. The molecular weight excluding hydrogens is 374 g/mol. The van der Waals surface area contributed by atoms with Crippen LogP contribution in [-0.4, -0.2) is 37.6 Å². The molecule has 0 saturated carbocycles. The molecule has 3 aromatic heterocycles. The van der Waals surface area contributed by atoms with E-state index in [1.807, 2.05) is 57.5 Å². The number of hydrogen-bond donors (Lipinski definition) is 0. The second kappa shape index (κ2) is 7.71. The van der Waals surface area contributed by atoms with E-state index < -0.39 is 0 Å². The molecule has 3 heterocycles. The number of nitrogens with zero attached hydrogens (tertiary/aromatic N) is 5. The molecule has 4 rings (SSSR count). The van der Waals surface area contributed by atoms with Crippen LogP contribution in [0.2, 0.25) is 0 Å². The molecule has 1 atom stereocenters. The van der Waals surface area contributed by atoms with Crippen LogP contribution in [0.5, 0.6) is 0 Å². The second-order valence-corrected chi connectivity index (χ2v) is 7.73. The van der Waals surface area contributed by atoms with Gasteiger partial charge in [-0.05, 0) is 55.7 Å². The van der Waals surface area contributed by atoms with Gasteiger partial charge in [0.1, 0.15) is 0 Å². The molecule has 0 aliphatic carbocycles. The molecule has 1 amide bonds. The Hall–Kier alpha value is -3.54. The molecule has 0 spiro atoms. The van der Waals surface area contributed by atoms with Crippen LogP contribution in [0.1, 0.15) is 40.0 Å². The number of pyridine rings is 2. The lowest BCUT2D eigenvalue weighted by Crippen LogP contribution is -2.30. The van der Waals surface area contributed by atoms with Crippen molar-refractivity contribution in [1.29, 1.82) is 0 Å². The molecule has 152 valence electrons. The summed E-state index contributed by atoms with van der Waals surface area (Å²) in [4.78, 5) is 24.4. The highest BCUT2D eigenvalue weighted by Crippen LogP contribution is 2.30. The Morgan fingerprint density at radius 1 is 1.13 bits per heavy atom. The van der Waals surface area contributed by atoms with Crippen LogP contribution >= 0.6 is 0 Å². The first-order valence-corrected chi connectivity index (χ1v) is 9.94. The molecule has 0 N–H and O–H groups in total. The van der Waals surface area contributed by atoms with Gasteiger partial charge in [-0.25, -0.2) is 4.98 Å². The van der Waals surface area contributed by atoms with Gasteiger partial charge in [-0.15, -0.1) is 0 Å². The molecular formula is C24H25N5O. The van der Waals surface area contributed by atoms with Gasteiger partial charge >= 0.3 is 0 Å². The van der Waals surface area contributed by atoms with Gasteiger partial charge < -0.3 is 4.90 Å². The molecule has 0 bridgehead atoms. The van der Waals surface area contributed by atoms with Crippen molar-refractivity contribution in [2.24, 2.45) is 7.05 Å². The molecule has 6 nitrogen and oxygen atoms in total. The molecule has 6 heteroatoms. The van der Waals surface area contributed by atoms with Crippen molar-refractivity contribution in [1.82, 2.24) is 24.6 Å². The lowest BCUT2D eigenvalue weighted by Gasteiger charge is -2.26. The van der Waals surface area contributed by atoms with E-state index in [0.717, 1.165) is 38.9 Å². The van der Waals surface area contributed by atoms with E-state index in [4.69, 9.17) is 4.98 Å². The largest absolute Gasteiger partial charge is 0.335 e. The van der Waals surface area contributed by atoms with E-state index in [2.05, 4.69) is 23.9 Å². The quantitative estimate of drug-likeness (QED) is 0.508. The Morgan fingerprint density at radius 2 is 1.87 bits per heavy atom. The normalized spacial score (nSPS) is 12.2. The summed E-state index contributed by atoms with van der Waals surface area (Å²) in [5.41, 5.74) is 6.40. The first-order valence-electron chi connectivity index (χ1n) is 9.94. The smallest absolute Gasteiger partial charge is 0.254 e. The number of carbonyl (C=O) groups excluding carboxylic acids is 1. The Bertz CT molecular complexity index is 1230. The minimum absolute atomic E-state index is 0.0416. The summed E-state index contributed by atoms with van der Waals surface area (Å²) in [5.74, 6) is -0.0416. The fraction of sp³-hybridized carbons (Fsp3) is 0.250. The van der Waals surface area contributed by atoms with Crippen molar-refractivity contribution >= 4 is 16.8 Å². The molecule has 30 heavy (non-hydrogen) atoms. The molecule has 0 aliphatic rings. The van der Waals surface area contributed by atoms with Crippen LogP contribution < -0.4 is 0 Å². The number of carbonyl (C=O) groups is 1. The summed E-state index contributed by atoms with van der Waals surface area (Å²) in [6.45, 7) is 6.13. The number of hydrogen-bond acceptors (Lipinski definition) is 4. The second-order valence-electron chi connectivity index (χ2n) is 7.73. The molecule has 0 fully saturated rings. The third kappa shape index (κ3) is 3.45. The van der Waals surface area contributed by atoms with Crippen LogP contribution in [0.25, 0.3) is 22.2 Å². The highest BCUT2D eigenvalue weighted by Gasteiger charge is 2.23. The zero-order chi connectivity index (χ0) is 21.4. The van der Waals surface area contributed by atoms with E-state index in [0.29, 0.717) is 5.56 Å². The van der Waals surface area contributed by atoms with Crippen molar-refractivity contribution in [3.05, 3.63) is 77.4 Å². The van der Waals surface area contributed by atoms with Gasteiger partial charge in [-0.3, -0.25) is 14.5 Å². The number of benzene rings is 1. The Balaban J connectivity index is 1.86.